The number of benzene rings is 3. The maximum atomic E-state index is 13.4. The molecule has 4 rings (SSSR count). The van der Waals surface area contributed by atoms with Crippen molar-refractivity contribution in [1.29, 1.82) is 0 Å². The number of rotatable bonds is 6. The number of hydrogen-bond donors (Lipinski definition) is 2. The van der Waals surface area contributed by atoms with Crippen LogP contribution < -0.4 is 5.32 Å². The molecule has 5 nitrogen and oxygen atoms in total. The predicted molar refractivity (Wildman–Crippen MR) is 121 cm³/mol. The minimum atomic E-state index is -1.14. The van der Waals surface area contributed by atoms with E-state index < -0.39 is 23.7 Å². The van der Waals surface area contributed by atoms with E-state index in [9.17, 15) is 19.1 Å². The van der Waals surface area contributed by atoms with Gasteiger partial charge >= 0.3 is 5.97 Å². The van der Waals surface area contributed by atoms with Crippen molar-refractivity contribution in [2.24, 2.45) is 0 Å². The summed E-state index contributed by atoms with van der Waals surface area (Å²) in [6.45, 7) is 0. The highest BCUT2D eigenvalue weighted by Crippen LogP contribution is 2.25. The summed E-state index contributed by atoms with van der Waals surface area (Å²) in [7, 11) is 0. The van der Waals surface area contributed by atoms with E-state index in [1.54, 1.807) is 42.6 Å². The Bertz CT molecular complexity index is 1310. The molecular weight excluding hydrogens is 431 g/mol. The van der Waals surface area contributed by atoms with Gasteiger partial charge in [-0.05, 0) is 40.3 Å². The van der Waals surface area contributed by atoms with Crippen molar-refractivity contribution in [3.05, 3.63) is 101 Å². The molecule has 0 aliphatic heterocycles. The molecule has 7 heteroatoms. The Labute approximate surface area is 188 Å². The number of nitrogens with one attached hydrogen (secondary N) is 1. The maximum Gasteiger partial charge on any atom is 0.326 e. The molecule has 0 unspecified atom stereocenters. The molecule has 160 valence electrons. The number of aromatic nitrogens is 1. The molecule has 1 aromatic heterocycles. The first-order valence-corrected chi connectivity index (χ1v) is 10.2. The molecule has 3 aromatic carbocycles. The Morgan fingerprint density at radius 1 is 0.969 bits per heavy atom. The SMILES string of the molecule is O=C(N[C@@H](Cc1ccc(-c2ccc(F)c(Cl)c2)cc1)C(=O)O)c1cc2ccccc2cn1. The molecule has 2 N–H and O–H groups in total. The van der Waals surface area contributed by atoms with Crippen LogP contribution in [-0.2, 0) is 11.2 Å². The average Bonchev–Trinajstić information content (AvgIpc) is 2.80. The Hall–Kier alpha value is -3.77. The van der Waals surface area contributed by atoms with Crippen LogP contribution in [0, 0.1) is 5.82 Å². The van der Waals surface area contributed by atoms with Crippen LogP contribution in [0.5, 0.6) is 0 Å². The number of aliphatic carboxylic acids is 1. The zero-order valence-corrected chi connectivity index (χ0v) is 17.5. The molecule has 0 fully saturated rings. The summed E-state index contributed by atoms with van der Waals surface area (Å²) >= 11 is 5.84. The van der Waals surface area contributed by atoms with Gasteiger partial charge in [-0.2, -0.15) is 0 Å². The lowest BCUT2D eigenvalue weighted by Crippen LogP contribution is -2.42. The summed E-state index contributed by atoms with van der Waals surface area (Å²) in [6, 6.07) is 19.5. The van der Waals surface area contributed by atoms with Gasteiger partial charge in [0.05, 0.1) is 5.02 Å². The number of nitrogens with zero attached hydrogens (tertiary/aromatic N) is 1. The van der Waals surface area contributed by atoms with Crippen molar-refractivity contribution in [3.8, 4) is 11.1 Å². The molecule has 0 saturated carbocycles. The Morgan fingerprint density at radius 2 is 1.66 bits per heavy atom. The van der Waals surface area contributed by atoms with Crippen LogP contribution in [0.2, 0.25) is 5.02 Å². The van der Waals surface area contributed by atoms with Crippen molar-refractivity contribution < 1.29 is 19.1 Å². The number of carboxylic acid groups (broad SMARTS) is 1. The van der Waals surface area contributed by atoms with Gasteiger partial charge in [-0.15, -0.1) is 0 Å². The minimum Gasteiger partial charge on any atom is -0.480 e. The standard InChI is InChI=1S/C25H18ClFN2O3/c26-20-12-18(9-10-21(20)27)16-7-5-15(6-8-16)11-23(25(31)32)29-24(30)22-13-17-3-1-2-4-19(17)14-28-22/h1-10,12-14,23H,11H2,(H,29,30)(H,31,32)/t23-/m0/s1. The van der Waals surface area contributed by atoms with Gasteiger partial charge in [-0.25, -0.2) is 9.18 Å². The molecule has 1 amide bonds. The first kappa shape index (κ1) is 21.5. The summed E-state index contributed by atoms with van der Waals surface area (Å²) in [6.07, 6.45) is 1.68. The normalized spacial score (nSPS) is 11.8. The molecule has 0 spiro atoms. The lowest BCUT2D eigenvalue weighted by atomic mass is 10.0. The van der Waals surface area contributed by atoms with E-state index in [4.69, 9.17) is 11.6 Å². The molecule has 0 aliphatic carbocycles. The Morgan fingerprint density at radius 3 is 2.34 bits per heavy atom. The van der Waals surface area contributed by atoms with Gasteiger partial charge < -0.3 is 10.4 Å². The van der Waals surface area contributed by atoms with Crippen LogP contribution in [0.25, 0.3) is 21.9 Å². The molecule has 0 bridgehead atoms. The number of halogens is 2. The number of carboxylic acids is 1. The van der Waals surface area contributed by atoms with Crippen molar-refractivity contribution in [2.45, 2.75) is 12.5 Å². The number of carbonyl (C=O) groups is 2. The minimum absolute atomic E-state index is 0.0301. The van der Waals surface area contributed by atoms with E-state index in [-0.39, 0.29) is 17.1 Å². The lowest BCUT2D eigenvalue weighted by Gasteiger charge is -2.15. The van der Waals surface area contributed by atoms with Gasteiger partial charge in [-0.3, -0.25) is 9.78 Å². The third-order valence-electron chi connectivity index (χ3n) is 5.11. The van der Waals surface area contributed by atoms with E-state index >= 15 is 0 Å². The van der Waals surface area contributed by atoms with E-state index in [1.807, 2.05) is 24.3 Å². The second-order valence-electron chi connectivity index (χ2n) is 7.31. The Kier molecular flexibility index (Phi) is 6.14. The quantitative estimate of drug-likeness (QED) is 0.429. The predicted octanol–water partition coefficient (Wildman–Crippen LogP) is 5.12. The molecule has 1 atom stereocenters. The average molecular weight is 449 g/mol. The van der Waals surface area contributed by atoms with Gasteiger partial charge in [0.2, 0.25) is 0 Å². The van der Waals surface area contributed by atoms with Crippen molar-refractivity contribution in [2.75, 3.05) is 0 Å². The van der Waals surface area contributed by atoms with Crippen LogP contribution in [-0.4, -0.2) is 28.0 Å². The van der Waals surface area contributed by atoms with E-state index in [0.29, 0.717) is 0 Å². The fourth-order valence-electron chi connectivity index (χ4n) is 3.38. The van der Waals surface area contributed by atoms with E-state index in [0.717, 1.165) is 27.5 Å². The van der Waals surface area contributed by atoms with E-state index in [1.165, 1.54) is 12.1 Å². The van der Waals surface area contributed by atoms with Crippen molar-refractivity contribution >= 4 is 34.2 Å². The highest BCUT2D eigenvalue weighted by atomic mass is 35.5. The van der Waals surface area contributed by atoms with Crippen LogP contribution in [0.15, 0.2) is 79.0 Å². The monoisotopic (exact) mass is 448 g/mol. The summed E-state index contributed by atoms with van der Waals surface area (Å²) in [5.74, 6) is -2.19. The van der Waals surface area contributed by atoms with Crippen LogP contribution in [0.4, 0.5) is 4.39 Å². The van der Waals surface area contributed by atoms with Gasteiger partial charge in [0.15, 0.2) is 0 Å². The van der Waals surface area contributed by atoms with Crippen LogP contribution >= 0.6 is 11.6 Å². The zero-order chi connectivity index (χ0) is 22.7. The summed E-state index contributed by atoms with van der Waals surface area (Å²) < 4.78 is 13.4. The number of pyridine rings is 1. The highest BCUT2D eigenvalue weighted by Gasteiger charge is 2.22. The van der Waals surface area contributed by atoms with Gasteiger partial charge in [0.25, 0.3) is 5.91 Å². The zero-order valence-electron chi connectivity index (χ0n) is 16.8. The molecule has 4 aromatic rings. The molecule has 0 aliphatic rings. The summed E-state index contributed by atoms with van der Waals surface area (Å²) in [5.41, 5.74) is 2.43. The van der Waals surface area contributed by atoms with Crippen LogP contribution in [0.1, 0.15) is 16.1 Å². The van der Waals surface area contributed by atoms with Crippen molar-refractivity contribution in [3.63, 3.8) is 0 Å². The number of carbonyl (C=O) groups excluding carboxylic acids is 1. The third-order valence-corrected chi connectivity index (χ3v) is 5.40. The lowest BCUT2D eigenvalue weighted by molar-refractivity contribution is -0.139. The van der Waals surface area contributed by atoms with Gasteiger partial charge in [-0.1, -0.05) is 66.2 Å². The third kappa shape index (κ3) is 4.76. The molecule has 1 heterocycles. The number of fused-ring (bicyclic) bond motifs is 1. The second-order valence-corrected chi connectivity index (χ2v) is 7.72. The van der Waals surface area contributed by atoms with E-state index in [2.05, 4.69) is 10.3 Å². The molecule has 0 radical (unpaired) electrons. The highest BCUT2D eigenvalue weighted by molar-refractivity contribution is 6.31. The number of hydrogen-bond acceptors (Lipinski definition) is 3. The fourth-order valence-corrected chi connectivity index (χ4v) is 3.57. The summed E-state index contributed by atoms with van der Waals surface area (Å²) in [5, 5.41) is 13.9. The fraction of sp³-hybridized carbons (Fsp3) is 0.0800. The first-order chi connectivity index (χ1) is 15.4. The number of amides is 1. The van der Waals surface area contributed by atoms with Gasteiger partial charge in [0, 0.05) is 18.0 Å². The summed E-state index contributed by atoms with van der Waals surface area (Å²) in [4.78, 5) is 28.5. The molecular formula is C25H18ClFN2O3. The molecule has 32 heavy (non-hydrogen) atoms. The smallest absolute Gasteiger partial charge is 0.326 e. The van der Waals surface area contributed by atoms with Crippen molar-refractivity contribution in [1.82, 2.24) is 10.3 Å². The Balaban J connectivity index is 1.48. The second kappa shape index (κ2) is 9.16. The maximum absolute atomic E-state index is 13.4. The van der Waals surface area contributed by atoms with Crippen LogP contribution in [0.3, 0.4) is 0 Å². The first-order valence-electron chi connectivity index (χ1n) is 9.83. The molecule has 0 saturated heterocycles. The van der Waals surface area contributed by atoms with Gasteiger partial charge in [0.1, 0.15) is 17.6 Å². The largest absolute Gasteiger partial charge is 0.480 e. The topological polar surface area (TPSA) is 79.3 Å².